The molecule has 20 heavy (non-hydrogen) atoms. The monoisotopic (exact) mass is 279 g/mol. The van der Waals surface area contributed by atoms with Crippen molar-refractivity contribution in [2.24, 2.45) is 0 Å². The molecule has 5 heteroatoms. The molecule has 0 amide bonds. The van der Waals surface area contributed by atoms with Gasteiger partial charge in [0.1, 0.15) is 5.56 Å². The van der Waals surface area contributed by atoms with Gasteiger partial charge in [-0.05, 0) is 32.8 Å². The van der Waals surface area contributed by atoms with E-state index in [0.29, 0.717) is 11.4 Å². The fraction of sp³-hybridized carbons (Fsp3) is 0.667. The topological polar surface area (TPSA) is 55.3 Å². The van der Waals surface area contributed by atoms with Crippen molar-refractivity contribution in [2.45, 2.75) is 47.0 Å². The first-order valence-corrected chi connectivity index (χ1v) is 7.23. The van der Waals surface area contributed by atoms with Crippen molar-refractivity contribution in [3.63, 3.8) is 0 Å². The molecule has 0 radical (unpaired) electrons. The number of carbonyl (C=O) groups excluding carboxylic acids is 1. The Bertz CT molecular complexity index is 461. The van der Waals surface area contributed by atoms with Crippen LogP contribution in [0.15, 0.2) is 0 Å². The molecule has 1 rings (SSSR count). The zero-order chi connectivity index (χ0) is 15.1. The highest BCUT2D eigenvalue weighted by Gasteiger charge is 2.22. The number of aromatic nitrogens is 2. The molecule has 0 bridgehead atoms. The van der Waals surface area contributed by atoms with Gasteiger partial charge >= 0.3 is 5.97 Å². The van der Waals surface area contributed by atoms with Gasteiger partial charge in [0.05, 0.1) is 12.8 Å². The largest absolute Gasteiger partial charge is 0.465 e. The van der Waals surface area contributed by atoms with Crippen LogP contribution in [0.25, 0.3) is 0 Å². The minimum absolute atomic E-state index is 0.343. The number of rotatable bonds is 7. The fourth-order valence-corrected chi connectivity index (χ4v) is 2.13. The molecule has 0 unspecified atom stereocenters. The van der Waals surface area contributed by atoms with Crippen LogP contribution < -0.4 is 4.90 Å². The first-order valence-electron chi connectivity index (χ1n) is 7.23. The van der Waals surface area contributed by atoms with Gasteiger partial charge in [-0.1, -0.05) is 19.8 Å². The minimum atomic E-state index is -0.343. The quantitative estimate of drug-likeness (QED) is 0.567. The number of hydrogen-bond acceptors (Lipinski definition) is 5. The van der Waals surface area contributed by atoms with Crippen LogP contribution in [0.1, 0.15) is 54.7 Å². The maximum absolute atomic E-state index is 12.0. The predicted octanol–water partition coefficient (Wildman–Crippen LogP) is 2.90. The fourth-order valence-electron chi connectivity index (χ4n) is 2.13. The Hall–Kier alpha value is -1.65. The smallest absolute Gasteiger partial charge is 0.342 e. The molecule has 1 heterocycles. The van der Waals surface area contributed by atoms with E-state index in [1.54, 1.807) is 0 Å². The summed E-state index contributed by atoms with van der Waals surface area (Å²) in [5.74, 6) is 0.294. The average Bonchev–Trinajstić information content (AvgIpc) is 2.46. The molecule has 0 aliphatic rings. The second kappa shape index (κ2) is 7.82. The van der Waals surface area contributed by atoms with Crippen molar-refractivity contribution < 1.29 is 9.53 Å². The van der Waals surface area contributed by atoms with Gasteiger partial charge in [-0.15, -0.1) is 5.10 Å². The van der Waals surface area contributed by atoms with E-state index in [0.717, 1.165) is 30.8 Å². The van der Waals surface area contributed by atoms with Crippen molar-refractivity contribution in [1.82, 2.24) is 10.2 Å². The van der Waals surface area contributed by atoms with Crippen LogP contribution in [0.2, 0.25) is 0 Å². The molecule has 5 nitrogen and oxygen atoms in total. The summed E-state index contributed by atoms with van der Waals surface area (Å²) in [7, 11) is 1.40. The van der Waals surface area contributed by atoms with Crippen LogP contribution >= 0.6 is 0 Å². The van der Waals surface area contributed by atoms with E-state index in [1.165, 1.54) is 20.0 Å². The number of ether oxygens (including phenoxy) is 1. The Labute approximate surface area is 121 Å². The van der Waals surface area contributed by atoms with Crippen molar-refractivity contribution >= 4 is 11.8 Å². The summed E-state index contributed by atoms with van der Waals surface area (Å²) in [5, 5.41) is 8.39. The van der Waals surface area contributed by atoms with Gasteiger partial charge in [0.25, 0.3) is 0 Å². The van der Waals surface area contributed by atoms with Gasteiger partial charge in [0.15, 0.2) is 5.82 Å². The molecule has 0 aliphatic heterocycles. The third kappa shape index (κ3) is 3.68. The third-order valence-electron chi connectivity index (χ3n) is 3.54. The predicted molar refractivity (Wildman–Crippen MR) is 80.3 cm³/mol. The summed E-state index contributed by atoms with van der Waals surface area (Å²) in [4.78, 5) is 14.1. The van der Waals surface area contributed by atoms with Crippen molar-refractivity contribution in [1.29, 1.82) is 0 Å². The zero-order valence-electron chi connectivity index (χ0n) is 13.2. The van der Waals surface area contributed by atoms with Crippen LogP contribution in [0, 0.1) is 13.8 Å². The maximum Gasteiger partial charge on any atom is 0.342 e. The number of nitrogens with zero attached hydrogens (tertiary/aromatic N) is 3. The highest BCUT2D eigenvalue weighted by atomic mass is 16.5. The van der Waals surface area contributed by atoms with E-state index in [1.807, 2.05) is 13.8 Å². The molecule has 0 fully saturated rings. The van der Waals surface area contributed by atoms with Crippen LogP contribution in [0.5, 0.6) is 0 Å². The van der Waals surface area contributed by atoms with E-state index < -0.39 is 0 Å². The Kier molecular flexibility index (Phi) is 6.42. The molecule has 0 spiro atoms. The molecule has 0 atom stereocenters. The van der Waals surface area contributed by atoms with Crippen molar-refractivity contribution in [3.05, 3.63) is 16.8 Å². The first-order chi connectivity index (χ1) is 9.56. The summed E-state index contributed by atoms with van der Waals surface area (Å²) in [6, 6.07) is 0. The molecule has 1 aromatic rings. The number of anilines is 1. The van der Waals surface area contributed by atoms with Crippen LogP contribution in [0.3, 0.4) is 0 Å². The normalized spacial score (nSPS) is 10.4. The molecule has 112 valence electrons. The standard InChI is InChI=1S/C15H25N3O2/c1-6-8-9-10-18(7-2)14-13(15(19)20-5)11(3)12(4)16-17-14/h6-10H2,1-5H3. The van der Waals surface area contributed by atoms with Crippen LogP contribution in [0.4, 0.5) is 5.82 Å². The molecule has 0 saturated carbocycles. The van der Waals surface area contributed by atoms with E-state index >= 15 is 0 Å². The van der Waals surface area contributed by atoms with Gasteiger partial charge in [-0.25, -0.2) is 4.79 Å². The third-order valence-corrected chi connectivity index (χ3v) is 3.54. The molecule has 0 aromatic carbocycles. The molecular weight excluding hydrogens is 254 g/mol. The second-order valence-electron chi connectivity index (χ2n) is 4.89. The van der Waals surface area contributed by atoms with Gasteiger partial charge < -0.3 is 9.64 Å². The van der Waals surface area contributed by atoms with Gasteiger partial charge in [0.2, 0.25) is 0 Å². The Morgan fingerprint density at radius 1 is 1.20 bits per heavy atom. The number of aryl methyl sites for hydroxylation is 1. The average molecular weight is 279 g/mol. The number of hydrogen-bond donors (Lipinski definition) is 0. The van der Waals surface area contributed by atoms with Crippen molar-refractivity contribution in [2.75, 3.05) is 25.1 Å². The second-order valence-corrected chi connectivity index (χ2v) is 4.89. The lowest BCUT2D eigenvalue weighted by Crippen LogP contribution is -2.28. The van der Waals surface area contributed by atoms with Crippen molar-refractivity contribution in [3.8, 4) is 0 Å². The number of unbranched alkanes of at least 4 members (excludes halogenated alkanes) is 2. The summed E-state index contributed by atoms with van der Waals surface area (Å²) < 4.78 is 4.90. The lowest BCUT2D eigenvalue weighted by molar-refractivity contribution is 0.0599. The highest BCUT2D eigenvalue weighted by Crippen LogP contribution is 2.23. The molecule has 0 N–H and O–H groups in total. The molecule has 1 aromatic heterocycles. The van der Waals surface area contributed by atoms with E-state index in [9.17, 15) is 4.79 Å². The maximum atomic E-state index is 12.0. The Balaban J connectivity index is 3.14. The van der Waals surface area contributed by atoms with Crippen LogP contribution in [-0.2, 0) is 4.74 Å². The number of methoxy groups -OCH3 is 1. The van der Waals surface area contributed by atoms with Gasteiger partial charge in [0, 0.05) is 13.1 Å². The van der Waals surface area contributed by atoms with E-state index in [2.05, 4.69) is 28.9 Å². The summed E-state index contributed by atoms with van der Waals surface area (Å²) >= 11 is 0. The highest BCUT2D eigenvalue weighted by molar-refractivity contribution is 5.96. The minimum Gasteiger partial charge on any atom is -0.465 e. The van der Waals surface area contributed by atoms with Gasteiger partial charge in [-0.3, -0.25) is 0 Å². The van der Waals surface area contributed by atoms with E-state index in [-0.39, 0.29) is 5.97 Å². The Morgan fingerprint density at radius 2 is 1.90 bits per heavy atom. The number of esters is 1. The number of carbonyl (C=O) groups is 1. The summed E-state index contributed by atoms with van der Waals surface area (Å²) in [6.07, 6.45) is 3.42. The lowest BCUT2D eigenvalue weighted by atomic mass is 10.1. The lowest BCUT2D eigenvalue weighted by Gasteiger charge is -2.24. The summed E-state index contributed by atoms with van der Waals surface area (Å²) in [6.45, 7) is 9.65. The first kappa shape index (κ1) is 16.4. The van der Waals surface area contributed by atoms with Crippen LogP contribution in [-0.4, -0.2) is 36.4 Å². The SMILES string of the molecule is CCCCCN(CC)c1nnc(C)c(C)c1C(=O)OC. The molecular formula is C15H25N3O2. The van der Waals surface area contributed by atoms with Gasteiger partial charge in [-0.2, -0.15) is 5.10 Å². The zero-order valence-corrected chi connectivity index (χ0v) is 13.2. The van der Waals surface area contributed by atoms with E-state index in [4.69, 9.17) is 4.74 Å². The summed E-state index contributed by atoms with van der Waals surface area (Å²) in [5.41, 5.74) is 2.15. The molecule has 0 saturated heterocycles. The molecule has 0 aliphatic carbocycles. The Morgan fingerprint density at radius 3 is 2.45 bits per heavy atom.